The van der Waals surface area contributed by atoms with Gasteiger partial charge < -0.3 is 4.74 Å². The summed E-state index contributed by atoms with van der Waals surface area (Å²) in [5.41, 5.74) is 0.994. The first-order valence-electron chi connectivity index (χ1n) is 9.38. The lowest BCUT2D eigenvalue weighted by Gasteiger charge is -2.23. The first-order valence-corrected chi connectivity index (χ1v) is 11.1. The van der Waals surface area contributed by atoms with Crippen LogP contribution in [-0.2, 0) is 9.53 Å². The Hall–Kier alpha value is -3.37. The average Bonchev–Trinajstić information content (AvgIpc) is 3.36. The van der Waals surface area contributed by atoms with Crippen LogP contribution < -0.4 is 14.9 Å². The van der Waals surface area contributed by atoms with Gasteiger partial charge >= 0.3 is 5.97 Å². The predicted molar refractivity (Wildman–Crippen MR) is 118 cm³/mol. The van der Waals surface area contributed by atoms with Crippen molar-refractivity contribution in [2.45, 2.75) is 19.9 Å². The minimum Gasteiger partial charge on any atom is -0.463 e. The molecule has 10 heteroatoms. The Morgan fingerprint density at radius 1 is 1.35 bits per heavy atom. The molecule has 0 N–H and O–H groups in total. The molecule has 1 atom stereocenters. The second-order valence-corrected chi connectivity index (χ2v) is 8.66. The van der Waals surface area contributed by atoms with Gasteiger partial charge in [0.1, 0.15) is 6.04 Å². The molecule has 4 rings (SSSR count). The maximum absolute atomic E-state index is 13.4. The molecule has 0 unspecified atom stereocenters. The maximum atomic E-state index is 13.4. The van der Waals surface area contributed by atoms with Crippen molar-refractivity contribution < 1.29 is 14.5 Å². The van der Waals surface area contributed by atoms with E-state index in [1.165, 1.54) is 39.4 Å². The number of benzene rings is 1. The molecule has 31 heavy (non-hydrogen) atoms. The van der Waals surface area contributed by atoms with Gasteiger partial charge in [-0.1, -0.05) is 29.5 Å². The lowest BCUT2D eigenvalue weighted by Crippen LogP contribution is -2.39. The first kappa shape index (κ1) is 20.9. The molecule has 2 aromatic heterocycles. The van der Waals surface area contributed by atoms with E-state index in [4.69, 9.17) is 4.74 Å². The SMILES string of the molecule is CCOC(=O)C1=C(C)N=c2sc(=Cc3cccc([N+](=O)[O-])c3)c(=O)n2[C@H]1c1cccs1. The number of esters is 1. The number of carbonyl (C=O) groups excluding carboxylic acids is 1. The Labute approximate surface area is 184 Å². The third-order valence-corrected chi connectivity index (χ3v) is 6.62. The number of aromatic nitrogens is 1. The summed E-state index contributed by atoms with van der Waals surface area (Å²) < 4.78 is 7.11. The van der Waals surface area contributed by atoms with E-state index >= 15 is 0 Å². The van der Waals surface area contributed by atoms with Gasteiger partial charge in [0.2, 0.25) is 0 Å². The van der Waals surface area contributed by atoms with Gasteiger partial charge in [-0.15, -0.1) is 11.3 Å². The summed E-state index contributed by atoms with van der Waals surface area (Å²) in [6.45, 7) is 3.66. The molecular weight excluding hydrogens is 438 g/mol. The number of allylic oxidation sites excluding steroid dienone is 1. The highest BCUT2D eigenvalue weighted by molar-refractivity contribution is 7.10. The third-order valence-electron chi connectivity index (χ3n) is 4.71. The third kappa shape index (κ3) is 3.87. The van der Waals surface area contributed by atoms with Crippen molar-refractivity contribution in [1.82, 2.24) is 4.57 Å². The quantitative estimate of drug-likeness (QED) is 0.334. The molecule has 0 fully saturated rings. The number of nitrogens with zero attached hydrogens (tertiary/aromatic N) is 3. The summed E-state index contributed by atoms with van der Waals surface area (Å²) in [5, 5.41) is 12.9. The summed E-state index contributed by atoms with van der Waals surface area (Å²) in [6, 6.07) is 9.15. The van der Waals surface area contributed by atoms with Crippen molar-refractivity contribution in [1.29, 1.82) is 0 Å². The molecule has 3 heterocycles. The number of hydrogen-bond donors (Lipinski definition) is 0. The fraction of sp³-hybridized carbons (Fsp3) is 0.190. The fourth-order valence-corrected chi connectivity index (χ4v) is 5.26. The lowest BCUT2D eigenvalue weighted by atomic mass is 10.0. The van der Waals surface area contributed by atoms with Gasteiger partial charge in [0.05, 0.1) is 27.3 Å². The van der Waals surface area contributed by atoms with Crippen molar-refractivity contribution in [3.63, 3.8) is 0 Å². The van der Waals surface area contributed by atoms with Gasteiger partial charge in [-0.05, 0) is 36.9 Å². The van der Waals surface area contributed by atoms with Crippen LogP contribution in [0.2, 0.25) is 0 Å². The largest absolute Gasteiger partial charge is 0.463 e. The number of thiophene rings is 1. The molecule has 3 aromatic rings. The number of nitro groups is 1. The van der Waals surface area contributed by atoms with Crippen molar-refractivity contribution in [2.75, 3.05) is 6.61 Å². The zero-order valence-corrected chi connectivity index (χ0v) is 18.2. The normalized spacial score (nSPS) is 16.1. The Morgan fingerprint density at radius 3 is 2.84 bits per heavy atom. The first-order chi connectivity index (χ1) is 14.9. The molecular formula is C21H17N3O5S2. The van der Waals surface area contributed by atoms with Crippen LogP contribution in [0.25, 0.3) is 6.08 Å². The van der Waals surface area contributed by atoms with E-state index in [1.807, 2.05) is 17.5 Å². The van der Waals surface area contributed by atoms with E-state index in [2.05, 4.69) is 4.99 Å². The highest BCUT2D eigenvalue weighted by atomic mass is 32.1. The van der Waals surface area contributed by atoms with Crippen molar-refractivity contribution >= 4 is 40.4 Å². The zero-order chi connectivity index (χ0) is 22.1. The molecule has 1 aliphatic rings. The van der Waals surface area contributed by atoms with Crippen LogP contribution >= 0.6 is 22.7 Å². The summed E-state index contributed by atoms with van der Waals surface area (Å²) in [4.78, 5) is 42.4. The average molecular weight is 456 g/mol. The molecule has 0 radical (unpaired) electrons. The second kappa shape index (κ2) is 8.40. The molecule has 158 valence electrons. The minimum absolute atomic E-state index is 0.0570. The number of thiazole rings is 1. The van der Waals surface area contributed by atoms with Crippen LogP contribution in [0.3, 0.4) is 0 Å². The molecule has 0 amide bonds. The van der Waals surface area contributed by atoms with Gasteiger partial charge in [-0.25, -0.2) is 9.79 Å². The van der Waals surface area contributed by atoms with Crippen LogP contribution in [0.4, 0.5) is 5.69 Å². The van der Waals surface area contributed by atoms with Gasteiger partial charge in [0.25, 0.3) is 11.2 Å². The van der Waals surface area contributed by atoms with E-state index in [0.29, 0.717) is 26.2 Å². The number of nitro benzene ring substituents is 1. The van der Waals surface area contributed by atoms with Crippen molar-refractivity contribution in [3.8, 4) is 0 Å². The predicted octanol–water partition coefficient (Wildman–Crippen LogP) is 2.77. The van der Waals surface area contributed by atoms with Gasteiger partial charge in [-0.2, -0.15) is 0 Å². The van der Waals surface area contributed by atoms with E-state index < -0.39 is 16.9 Å². The monoisotopic (exact) mass is 455 g/mol. The van der Waals surface area contributed by atoms with Crippen LogP contribution in [-0.4, -0.2) is 22.1 Å². The molecule has 0 saturated heterocycles. The Morgan fingerprint density at radius 2 is 2.16 bits per heavy atom. The number of hydrogen-bond acceptors (Lipinski definition) is 8. The Bertz CT molecular complexity index is 1380. The van der Waals surface area contributed by atoms with Crippen molar-refractivity contribution in [2.24, 2.45) is 4.99 Å². The number of ether oxygens (including phenoxy) is 1. The van der Waals surface area contributed by atoms with E-state index in [1.54, 1.807) is 32.1 Å². The standard InChI is InChI=1S/C21H17N3O5S2/c1-3-29-20(26)17-12(2)22-21-23(18(17)15-8-5-9-30-15)19(25)16(31-21)11-13-6-4-7-14(10-13)24(27)28/h4-11,18H,3H2,1-2H3/t18-/m0/s1. The maximum Gasteiger partial charge on any atom is 0.338 e. The summed E-state index contributed by atoms with van der Waals surface area (Å²) in [5.74, 6) is -0.505. The van der Waals surface area contributed by atoms with Crippen LogP contribution in [0.15, 0.2) is 62.8 Å². The van der Waals surface area contributed by atoms with Crippen molar-refractivity contribution in [3.05, 3.63) is 93.3 Å². The number of fused-ring (bicyclic) bond motifs is 1. The molecule has 8 nitrogen and oxygen atoms in total. The second-order valence-electron chi connectivity index (χ2n) is 6.67. The van der Waals surface area contributed by atoms with Crippen LogP contribution in [0.5, 0.6) is 0 Å². The summed E-state index contributed by atoms with van der Waals surface area (Å²) in [7, 11) is 0. The highest BCUT2D eigenvalue weighted by Gasteiger charge is 2.33. The van der Waals surface area contributed by atoms with Gasteiger partial charge in [-0.3, -0.25) is 19.5 Å². The summed E-state index contributed by atoms with van der Waals surface area (Å²) >= 11 is 2.62. The Kier molecular flexibility index (Phi) is 5.66. The highest BCUT2D eigenvalue weighted by Crippen LogP contribution is 2.33. The topological polar surface area (TPSA) is 104 Å². The number of rotatable bonds is 5. The molecule has 1 aromatic carbocycles. The molecule has 0 spiro atoms. The van der Waals surface area contributed by atoms with Gasteiger partial charge in [0.15, 0.2) is 4.80 Å². The van der Waals surface area contributed by atoms with Crippen LogP contribution in [0.1, 0.15) is 30.3 Å². The number of carbonyl (C=O) groups is 1. The zero-order valence-electron chi connectivity index (χ0n) is 16.6. The number of non-ortho nitro benzene ring substituents is 1. The molecule has 0 saturated carbocycles. The molecule has 0 bridgehead atoms. The fourth-order valence-electron chi connectivity index (χ4n) is 3.39. The molecule has 1 aliphatic heterocycles. The van der Waals surface area contributed by atoms with E-state index in [9.17, 15) is 19.7 Å². The van der Waals surface area contributed by atoms with Gasteiger partial charge in [0, 0.05) is 17.0 Å². The van der Waals surface area contributed by atoms with Crippen LogP contribution in [0, 0.1) is 10.1 Å². The lowest BCUT2D eigenvalue weighted by molar-refractivity contribution is -0.384. The van der Waals surface area contributed by atoms with E-state index in [0.717, 1.165) is 4.88 Å². The summed E-state index contributed by atoms with van der Waals surface area (Å²) in [6.07, 6.45) is 1.60. The van der Waals surface area contributed by atoms with E-state index in [-0.39, 0.29) is 17.9 Å². The Balaban J connectivity index is 1.92. The minimum atomic E-state index is -0.637. The smallest absolute Gasteiger partial charge is 0.338 e. The molecule has 0 aliphatic carbocycles.